The fraction of sp³-hybridized carbons (Fsp3) is 0.200. The summed E-state index contributed by atoms with van der Waals surface area (Å²) in [5, 5.41) is 0. The van der Waals surface area contributed by atoms with Crippen LogP contribution in [0.5, 0.6) is 0 Å². The molecule has 3 heteroatoms. The summed E-state index contributed by atoms with van der Waals surface area (Å²) in [6, 6.07) is 0. The largest absolute Gasteiger partial charge is 0.298 e. The first-order chi connectivity index (χ1) is 3.80. The molecule has 1 aliphatic rings. The summed E-state index contributed by atoms with van der Waals surface area (Å²) in [6.07, 6.45) is 7.94. The molecule has 0 aromatic heterocycles. The Hall–Kier alpha value is 0.240. The maximum absolute atomic E-state index is 3.39. The summed E-state index contributed by atoms with van der Waals surface area (Å²) in [4.78, 5) is 0.299. The van der Waals surface area contributed by atoms with E-state index in [4.69, 9.17) is 0 Å². The second kappa shape index (κ2) is 2.69. The molecule has 0 saturated heterocycles. The van der Waals surface area contributed by atoms with Crippen molar-refractivity contribution in [3.05, 3.63) is 24.4 Å². The van der Waals surface area contributed by atoms with Gasteiger partial charge >= 0.3 is 0 Å². The van der Waals surface area contributed by atoms with E-state index in [1.54, 1.807) is 0 Å². The highest BCUT2D eigenvalue weighted by Gasteiger charge is 2.04. The monoisotopic (exact) mass is 237 g/mol. The predicted octanol–water partition coefficient (Wildman–Crippen LogP) is 2.40. The Morgan fingerprint density at radius 1 is 1.38 bits per heavy atom. The molecule has 0 fully saturated rings. The van der Waals surface area contributed by atoms with Gasteiger partial charge in [0, 0.05) is 6.20 Å². The highest BCUT2D eigenvalue weighted by molar-refractivity contribution is 9.11. The standard InChI is InChI=1S/C5H5Br2N/c6-5-3-1-2-4-8(5)7/h1-5H. The third kappa shape index (κ3) is 1.36. The lowest BCUT2D eigenvalue weighted by atomic mass is 10.4. The molecule has 0 aromatic rings. The van der Waals surface area contributed by atoms with Gasteiger partial charge in [-0.25, -0.2) is 0 Å². The molecule has 1 aliphatic heterocycles. The molecule has 8 heavy (non-hydrogen) atoms. The summed E-state index contributed by atoms with van der Waals surface area (Å²) >= 11 is 6.70. The van der Waals surface area contributed by atoms with Gasteiger partial charge in [0.05, 0.1) is 16.1 Å². The number of alkyl halides is 1. The molecular formula is C5H5Br2N. The van der Waals surface area contributed by atoms with Crippen LogP contribution in [-0.4, -0.2) is 8.88 Å². The van der Waals surface area contributed by atoms with Crippen molar-refractivity contribution in [3.63, 3.8) is 0 Å². The second-order valence-corrected chi connectivity index (χ2v) is 3.20. The molecule has 0 radical (unpaired) electrons. The average molecular weight is 239 g/mol. The first kappa shape index (κ1) is 6.36. The van der Waals surface area contributed by atoms with Crippen molar-refractivity contribution in [1.82, 2.24) is 3.93 Å². The molecule has 1 rings (SSSR count). The molecule has 44 valence electrons. The molecule has 1 heterocycles. The van der Waals surface area contributed by atoms with Gasteiger partial charge in [0.1, 0.15) is 4.95 Å². The Kier molecular flexibility index (Phi) is 2.14. The Morgan fingerprint density at radius 2 is 2.12 bits per heavy atom. The summed E-state index contributed by atoms with van der Waals surface area (Å²) < 4.78 is 1.90. The number of halogens is 2. The van der Waals surface area contributed by atoms with E-state index in [0.717, 1.165) is 0 Å². The van der Waals surface area contributed by atoms with Crippen LogP contribution in [0.2, 0.25) is 0 Å². The molecule has 0 spiro atoms. The van der Waals surface area contributed by atoms with Gasteiger partial charge in [0.2, 0.25) is 0 Å². The minimum absolute atomic E-state index is 0.299. The van der Waals surface area contributed by atoms with Gasteiger partial charge in [-0.3, -0.25) is 3.93 Å². The zero-order valence-corrected chi connectivity index (χ0v) is 7.26. The van der Waals surface area contributed by atoms with E-state index >= 15 is 0 Å². The number of hydrogen-bond acceptors (Lipinski definition) is 1. The van der Waals surface area contributed by atoms with Crippen LogP contribution in [0.3, 0.4) is 0 Å². The van der Waals surface area contributed by atoms with Gasteiger partial charge in [0.25, 0.3) is 0 Å². The van der Waals surface area contributed by atoms with E-state index in [2.05, 4.69) is 32.1 Å². The van der Waals surface area contributed by atoms with Gasteiger partial charge in [-0.15, -0.1) is 0 Å². The van der Waals surface area contributed by atoms with Crippen LogP contribution in [0.1, 0.15) is 0 Å². The van der Waals surface area contributed by atoms with Crippen LogP contribution in [0, 0.1) is 0 Å². The van der Waals surface area contributed by atoms with E-state index < -0.39 is 0 Å². The molecule has 0 amide bonds. The Labute approximate surface area is 65.5 Å². The van der Waals surface area contributed by atoms with Crippen LogP contribution in [0.15, 0.2) is 24.4 Å². The minimum atomic E-state index is 0.299. The van der Waals surface area contributed by atoms with Crippen LogP contribution >= 0.6 is 32.1 Å². The number of rotatable bonds is 0. The fourth-order valence-electron chi connectivity index (χ4n) is 0.452. The Balaban J connectivity index is 2.59. The van der Waals surface area contributed by atoms with Crippen molar-refractivity contribution in [3.8, 4) is 0 Å². The Bertz CT molecular complexity index is 114. The van der Waals surface area contributed by atoms with Crippen LogP contribution in [0.4, 0.5) is 0 Å². The summed E-state index contributed by atoms with van der Waals surface area (Å²) in [6.45, 7) is 0. The fourth-order valence-corrected chi connectivity index (χ4v) is 1.04. The lowest BCUT2D eigenvalue weighted by Crippen LogP contribution is -2.13. The van der Waals surface area contributed by atoms with E-state index in [-0.39, 0.29) is 0 Å². The van der Waals surface area contributed by atoms with Crippen molar-refractivity contribution in [1.29, 1.82) is 0 Å². The summed E-state index contributed by atoms with van der Waals surface area (Å²) in [5.41, 5.74) is 0. The van der Waals surface area contributed by atoms with E-state index in [9.17, 15) is 0 Å². The lowest BCUT2D eigenvalue weighted by molar-refractivity contribution is 0.680. The zero-order valence-electron chi connectivity index (χ0n) is 4.09. The molecular weight excluding hydrogens is 234 g/mol. The van der Waals surface area contributed by atoms with Gasteiger partial charge in [-0.1, -0.05) is 28.1 Å². The van der Waals surface area contributed by atoms with Crippen LogP contribution < -0.4 is 0 Å². The van der Waals surface area contributed by atoms with Crippen molar-refractivity contribution < 1.29 is 0 Å². The molecule has 0 saturated carbocycles. The van der Waals surface area contributed by atoms with Gasteiger partial charge < -0.3 is 0 Å². The Morgan fingerprint density at radius 3 is 2.50 bits per heavy atom. The predicted molar refractivity (Wildman–Crippen MR) is 41.8 cm³/mol. The van der Waals surface area contributed by atoms with Crippen molar-refractivity contribution >= 4 is 32.1 Å². The van der Waals surface area contributed by atoms with E-state index in [1.807, 2.05) is 28.4 Å². The second-order valence-electron chi connectivity index (χ2n) is 1.44. The quantitative estimate of drug-likeness (QED) is 0.356. The zero-order chi connectivity index (χ0) is 5.98. The van der Waals surface area contributed by atoms with Gasteiger partial charge in [0.15, 0.2) is 0 Å². The summed E-state index contributed by atoms with van der Waals surface area (Å²) in [5.74, 6) is 0. The summed E-state index contributed by atoms with van der Waals surface area (Å²) in [7, 11) is 0. The molecule has 0 bridgehead atoms. The van der Waals surface area contributed by atoms with Crippen molar-refractivity contribution in [2.75, 3.05) is 0 Å². The smallest absolute Gasteiger partial charge is 0.113 e. The van der Waals surface area contributed by atoms with Gasteiger partial charge in [-0.2, -0.15) is 0 Å². The molecule has 1 atom stereocenters. The van der Waals surface area contributed by atoms with Crippen molar-refractivity contribution in [2.24, 2.45) is 0 Å². The topological polar surface area (TPSA) is 3.24 Å². The maximum atomic E-state index is 3.39. The van der Waals surface area contributed by atoms with Crippen LogP contribution in [-0.2, 0) is 0 Å². The third-order valence-electron chi connectivity index (χ3n) is 0.845. The van der Waals surface area contributed by atoms with Gasteiger partial charge in [-0.05, 0) is 6.08 Å². The molecule has 1 unspecified atom stereocenters. The highest BCUT2D eigenvalue weighted by Crippen LogP contribution is 2.17. The molecule has 0 aromatic carbocycles. The number of nitrogens with zero attached hydrogens (tertiary/aromatic N) is 1. The lowest BCUT2D eigenvalue weighted by Gasteiger charge is -2.16. The number of hydrogen-bond donors (Lipinski definition) is 0. The van der Waals surface area contributed by atoms with E-state index in [1.165, 1.54) is 0 Å². The highest BCUT2D eigenvalue weighted by atomic mass is 79.9. The normalized spacial score (nSPS) is 26.8. The molecule has 0 aliphatic carbocycles. The first-order valence-corrected chi connectivity index (χ1v) is 3.86. The molecule has 1 nitrogen and oxygen atoms in total. The SMILES string of the molecule is BrC1C=CC=CN1Br. The van der Waals surface area contributed by atoms with Crippen LogP contribution in [0.25, 0.3) is 0 Å². The third-order valence-corrected chi connectivity index (χ3v) is 2.82. The number of allylic oxidation sites excluding steroid dienone is 2. The average Bonchev–Trinajstić information content (AvgIpc) is 1.77. The first-order valence-electron chi connectivity index (χ1n) is 2.24. The van der Waals surface area contributed by atoms with Crippen molar-refractivity contribution in [2.45, 2.75) is 4.95 Å². The maximum Gasteiger partial charge on any atom is 0.113 e. The minimum Gasteiger partial charge on any atom is -0.298 e. The van der Waals surface area contributed by atoms with E-state index in [0.29, 0.717) is 4.95 Å². The molecule has 0 N–H and O–H groups in total.